The fourth-order valence-corrected chi connectivity index (χ4v) is 2.43. The van der Waals surface area contributed by atoms with E-state index in [1.165, 1.54) is 6.92 Å². The number of rotatable bonds is 5. The number of halogens is 1. The Balaban J connectivity index is 1.99. The van der Waals surface area contributed by atoms with Gasteiger partial charge in [0.2, 0.25) is 5.91 Å². The van der Waals surface area contributed by atoms with Crippen molar-refractivity contribution in [1.29, 1.82) is 0 Å². The van der Waals surface area contributed by atoms with Gasteiger partial charge in [-0.1, -0.05) is 11.6 Å². The largest absolute Gasteiger partial charge is 0.481 e. The summed E-state index contributed by atoms with van der Waals surface area (Å²) in [6.07, 6.45) is -0.671. The van der Waals surface area contributed by atoms with E-state index in [2.05, 4.69) is 10.6 Å². The van der Waals surface area contributed by atoms with Crippen molar-refractivity contribution >= 4 is 34.8 Å². The zero-order chi connectivity index (χ0) is 18.6. The van der Waals surface area contributed by atoms with Gasteiger partial charge in [-0.05, 0) is 68.3 Å². The fraction of sp³-hybridized carbons (Fsp3) is 0.263. The van der Waals surface area contributed by atoms with E-state index in [9.17, 15) is 9.59 Å². The van der Waals surface area contributed by atoms with Crippen LogP contribution in [0, 0.1) is 13.8 Å². The molecule has 0 unspecified atom stereocenters. The second kappa shape index (κ2) is 8.03. The number of hydrogen-bond acceptors (Lipinski definition) is 3. The van der Waals surface area contributed by atoms with Gasteiger partial charge in [-0.2, -0.15) is 0 Å². The third-order valence-corrected chi connectivity index (χ3v) is 4.16. The third-order valence-electron chi connectivity index (χ3n) is 3.56. The normalized spacial score (nSPS) is 11.6. The minimum absolute atomic E-state index is 0.146. The summed E-state index contributed by atoms with van der Waals surface area (Å²) < 4.78 is 5.71. The lowest BCUT2D eigenvalue weighted by molar-refractivity contribution is -0.122. The maximum absolute atomic E-state index is 12.3. The standard InChI is InChI=1S/C19H21ClN2O3/c1-11-9-17(10-12(2)18(11)20)25-13(3)19(24)22-16-7-5-15(6-8-16)21-14(4)23/h5-10,13H,1-4H3,(H,21,23)(H,22,24)/t13-/m1/s1. The molecule has 0 spiro atoms. The number of hydrogen-bond donors (Lipinski definition) is 2. The van der Waals surface area contributed by atoms with Crippen molar-refractivity contribution < 1.29 is 14.3 Å². The van der Waals surface area contributed by atoms with Crippen molar-refractivity contribution in [2.75, 3.05) is 10.6 Å². The van der Waals surface area contributed by atoms with Crippen LogP contribution in [-0.2, 0) is 9.59 Å². The van der Waals surface area contributed by atoms with E-state index >= 15 is 0 Å². The third kappa shape index (κ3) is 5.22. The molecule has 0 aliphatic carbocycles. The van der Waals surface area contributed by atoms with E-state index < -0.39 is 6.10 Å². The lowest BCUT2D eigenvalue weighted by Crippen LogP contribution is -2.30. The number of anilines is 2. The van der Waals surface area contributed by atoms with Crippen LogP contribution in [0.25, 0.3) is 0 Å². The van der Waals surface area contributed by atoms with E-state index in [-0.39, 0.29) is 11.8 Å². The quantitative estimate of drug-likeness (QED) is 0.834. The van der Waals surface area contributed by atoms with E-state index in [1.54, 1.807) is 43.3 Å². The fourth-order valence-electron chi connectivity index (χ4n) is 2.32. The van der Waals surface area contributed by atoms with Crippen molar-refractivity contribution in [3.05, 3.63) is 52.5 Å². The highest BCUT2D eigenvalue weighted by molar-refractivity contribution is 6.32. The molecule has 0 saturated heterocycles. The first kappa shape index (κ1) is 18.8. The predicted octanol–water partition coefficient (Wildman–Crippen LogP) is 4.32. The molecule has 0 fully saturated rings. The molecule has 0 aromatic heterocycles. The van der Waals surface area contributed by atoms with Crippen LogP contribution < -0.4 is 15.4 Å². The monoisotopic (exact) mass is 360 g/mol. The molecule has 2 rings (SSSR count). The first-order chi connectivity index (χ1) is 11.8. The molecule has 0 aliphatic rings. The zero-order valence-electron chi connectivity index (χ0n) is 14.6. The maximum Gasteiger partial charge on any atom is 0.265 e. The summed E-state index contributed by atoms with van der Waals surface area (Å²) in [7, 11) is 0. The van der Waals surface area contributed by atoms with Crippen molar-refractivity contribution in [2.45, 2.75) is 33.8 Å². The Morgan fingerprint density at radius 2 is 1.48 bits per heavy atom. The predicted molar refractivity (Wildman–Crippen MR) is 100 cm³/mol. The van der Waals surface area contributed by atoms with Crippen LogP contribution in [0.2, 0.25) is 5.02 Å². The Kier molecular flexibility index (Phi) is 6.04. The summed E-state index contributed by atoms with van der Waals surface area (Å²) in [6.45, 7) is 6.91. The first-order valence-electron chi connectivity index (χ1n) is 7.88. The molecule has 2 amide bonds. The number of benzene rings is 2. The van der Waals surface area contributed by atoms with Gasteiger partial charge in [-0.15, -0.1) is 0 Å². The molecule has 2 aromatic rings. The molecule has 2 aromatic carbocycles. The van der Waals surface area contributed by atoms with Gasteiger partial charge in [0.25, 0.3) is 5.91 Å². The lowest BCUT2D eigenvalue weighted by Gasteiger charge is -2.16. The van der Waals surface area contributed by atoms with E-state index in [0.29, 0.717) is 22.1 Å². The van der Waals surface area contributed by atoms with Crippen molar-refractivity contribution in [3.63, 3.8) is 0 Å². The SMILES string of the molecule is CC(=O)Nc1ccc(NC(=O)[C@@H](C)Oc2cc(C)c(Cl)c(C)c2)cc1. The van der Waals surface area contributed by atoms with E-state index in [4.69, 9.17) is 16.3 Å². The van der Waals surface area contributed by atoms with Crippen LogP contribution in [0.1, 0.15) is 25.0 Å². The molecule has 2 N–H and O–H groups in total. The highest BCUT2D eigenvalue weighted by Crippen LogP contribution is 2.26. The summed E-state index contributed by atoms with van der Waals surface area (Å²) in [5.41, 5.74) is 3.09. The van der Waals surface area contributed by atoms with Gasteiger partial charge in [0.1, 0.15) is 5.75 Å². The van der Waals surface area contributed by atoms with Gasteiger partial charge in [0.15, 0.2) is 6.10 Å². The van der Waals surface area contributed by atoms with Gasteiger partial charge < -0.3 is 15.4 Å². The molecule has 0 radical (unpaired) electrons. The topological polar surface area (TPSA) is 67.4 Å². The van der Waals surface area contributed by atoms with Gasteiger partial charge in [-0.3, -0.25) is 9.59 Å². The molecular formula is C19H21ClN2O3. The van der Waals surface area contributed by atoms with Crippen molar-refractivity contribution in [1.82, 2.24) is 0 Å². The van der Waals surface area contributed by atoms with Crippen molar-refractivity contribution in [2.24, 2.45) is 0 Å². The average Bonchev–Trinajstić information content (AvgIpc) is 2.53. The molecule has 0 bridgehead atoms. The molecule has 1 atom stereocenters. The summed E-state index contributed by atoms with van der Waals surface area (Å²) in [6, 6.07) is 10.5. The Hall–Kier alpha value is -2.53. The molecule has 5 nitrogen and oxygen atoms in total. The van der Waals surface area contributed by atoms with Gasteiger partial charge >= 0.3 is 0 Å². The summed E-state index contributed by atoms with van der Waals surface area (Å²) in [5.74, 6) is 0.188. The molecular weight excluding hydrogens is 340 g/mol. The number of carbonyl (C=O) groups is 2. The summed E-state index contributed by atoms with van der Waals surface area (Å²) >= 11 is 6.14. The van der Waals surface area contributed by atoms with Crippen molar-refractivity contribution in [3.8, 4) is 5.75 Å². The van der Waals surface area contributed by atoms with Crippen LogP contribution in [0.15, 0.2) is 36.4 Å². The van der Waals surface area contributed by atoms with Gasteiger partial charge in [-0.25, -0.2) is 0 Å². The number of nitrogens with one attached hydrogen (secondary N) is 2. The number of amides is 2. The smallest absolute Gasteiger partial charge is 0.265 e. The number of aryl methyl sites for hydroxylation is 2. The van der Waals surface area contributed by atoms with E-state index in [0.717, 1.165) is 11.1 Å². The highest BCUT2D eigenvalue weighted by Gasteiger charge is 2.16. The minimum atomic E-state index is -0.671. The van der Waals surface area contributed by atoms with Crippen LogP contribution in [-0.4, -0.2) is 17.9 Å². The Morgan fingerprint density at radius 3 is 1.96 bits per heavy atom. The summed E-state index contributed by atoms with van der Waals surface area (Å²) in [4.78, 5) is 23.3. The molecule has 6 heteroatoms. The summed E-state index contributed by atoms with van der Waals surface area (Å²) in [5, 5.41) is 6.15. The maximum atomic E-state index is 12.3. The molecule has 0 saturated carbocycles. The zero-order valence-corrected chi connectivity index (χ0v) is 15.4. The highest BCUT2D eigenvalue weighted by atomic mass is 35.5. The van der Waals surface area contributed by atoms with Crippen LogP contribution in [0.4, 0.5) is 11.4 Å². The Morgan fingerprint density at radius 1 is 1.00 bits per heavy atom. The molecule has 132 valence electrons. The van der Waals surface area contributed by atoms with Gasteiger partial charge in [0.05, 0.1) is 0 Å². The van der Waals surface area contributed by atoms with Gasteiger partial charge in [0, 0.05) is 23.3 Å². The Labute approximate surface area is 152 Å². The Bertz CT molecular complexity index is 765. The molecule has 0 heterocycles. The molecule has 25 heavy (non-hydrogen) atoms. The van der Waals surface area contributed by atoms with E-state index in [1.807, 2.05) is 13.8 Å². The average molecular weight is 361 g/mol. The van der Waals surface area contributed by atoms with Crippen LogP contribution in [0.5, 0.6) is 5.75 Å². The number of carbonyl (C=O) groups excluding carboxylic acids is 2. The second-order valence-electron chi connectivity index (χ2n) is 5.88. The second-order valence-corrected chi connectivity index (χ2v) is 6.26. The first-order valence-corrected chi connectivity index (χ1v) is 8.26. The lowest BCUT2D eigenvalue weighted by atomic mass is 10.1. The molecule has 0 aliphatic heterocycles. The number of ether oxygens (including phenoxy) is 1. The minimum Gasteiger partial charge on any atom is -0.481 e. The van der Waals surface area contributed by atoms with Crippen LogP contribution >= 0.6 is 11.6 Å². The van der Waals surface area contributed by atoms with Crippen LogP contribution in [0.3, 0.4) is 0 Å².